The van der Waals surface area contributed by atoms with Crippen LogP contribution in [0, 0.1) is 0 Å². The van der Waals surface area contributed by atoms with Crippen molar-refractivity contribution in [3.63, 3.8) is 0 Å². The lowest BCUT2D eigenvalue weighted by Crippen LogP contribution is -1.92. The Hall–Kier alpha value is -1.31. The number of hydrogen-bond donors (Lipinski definition) is 1. The first-order valence-electron chi connectivity index (χ1n) is 3.69. The highest BCUT2D eigenvalue weighted by atomic mass is 16.1. The summed E-state index contributed by atoms with van der Waals surface area (Å²) in [6.07, 6.45) is 1.51. The lowest BCUT2D eigenvalue weighted by Gasteiger charge is -1.97. The normalized spacial score (nSPS) is 13.8. The van der Waals surface area contributed by atoms with Crippen molar-refractivity contribution >= 4 is 11.5 Å². The van der Waals surface area contributed by atoms with Crippen LogP contribution in [0.5, 0.6) is 0 Å². The molecule has 0 spiro atoms. The van der Waals surface area contributed by atoms with Gasteiger partial charge in [-0.25, -0.2) is 0 Å². The SMILES string of the molecule is C.Nc1ccc2c(c1)CCC2=O. The molecule has 64 valence electrons. The molecular formula is C10H13NO. The van der Waals surface area contributed by atoms with Crippen molar-refractivity contribution in [2.45, 2.75) is 20.3 Å². The van der Waals surface area contributed by atoms with Crippen LogP contribution in [0.15, 0.2) is 18.2 Å². The van der Waals surface area contributed by atoms with Gasteiger partial charge in [0.25, 0.3) is 0 Å². The fraction of sp³-hybridized carbons (Fsp3) is 0.300. The van der Waals surface area contributed by atoms with E-state index in [2.05, 4.69) is 0 Å². The Kier molecular flexibility index (Phi) is 2.18. The molecule has 0 saturated heterocycles. The molecule has 2 rings (SSSR count). The van der Waals surface area contributed by atoms with E-state index < -0.39 is 0 Å². The van der Waals surface area contributed by atoms with E-state index in [0.717, 1.165) is 23.2 Å². The van der Waals surface area contributed by atoms with Gasteiger partial charge in [-0.1, -0.05) is 7.43 Å². The summed E-state index contributed by atoms with van der Waals surface area (Å²) < 4.78 is 0. The standard InChI is InChI=1S/C9H9NO.CH4/c10-7-2-3-8-6(5-7)1-4-9(8)11;/h2-3,5H,1,4,10H2;1H4. The summed E-state index contributed by atoms with van der Waals surface area (Å²) in [6, 6.07) is 5.49. The van der Waals surface area contributed by atoms with Crippen molar-refractivity contribution in [1.29, 1.82) is 0 Å². The Morgan fingerprint density at radius 3 is 2.75 bits per heavy atom. The van der Waals surface area contributed by atoms with Crippen LogP contribution >= 0.6 is 0 Å². The van der Waals surface area contributed by atoms with Crippen LogP contribution in [0.4, 0.5) is 5.69 Å². The number of hydrogen-bond acceptors (Lipinski definition) is 2. The van der Waals surface area contributed by atoms with Gasteiger partial charge in [0.05, 0.1) is 0 Å². The molecule has 1 aromatic carbocycles. The predicted molar refractivity (Wildman–Crippen MR) is 50.2 cm³/mol. The van der Waals surface area contributed by atoms with Crippen LogP contribution in [0.2, 0.25) is 0 Å². The zero-order valence-electron chi connectivity index (χ0n) is 6.13. The van der Waals surface area contributed by atoms with Crippen LogP contribution in [0.25, 0.3) is 0 Å². The summed E-state index contributed by atoms with van der Waals surface area (Å²) in [7, 11) is 0. The molecule has 0 amide bonds. The lowest BCUT2D eigenvalue weighted by molar-refractivity contribution is 0.0994. The number of rotatable bonds is 0. The number of nitrogen functional groups attached to an aromatic ring is 1. The van der Waals surface area contributed by atoms with E-state index in [1.165, 1.54) is 0 Å². The summed E-state index contributed by atoms with van der Waals surface area (Å²) in [5, 5.41) is 0. The molecule has 0 aromatic heterocycles. The van der Waals surface area contributed by atoms with Crippen LogP contribution in [0.1, 0.15) is 29.8 Å². The molecule has 12 heavy (non-hydrogen) atoms. The topological polar surface area (TPSA) is 43.1 Å². The second-order valence-corrected chi connectivity index (χ2v) is 2.84. The number of carbonyl (C=O) groups is 1. The van der Waals surface area contributed by atoms with Crippen molar-refractivity contribution in [3.8, 4) is 0 Å². The number of ketones is 1. The average molecular weight is 163 g/mol. The van der Waals surface area contributed by atoms with Crippen LogP contribution in [-0.2, 0) is 6.42 Å². The van der Waals surface area contributed by atoms with Gasteiger partial charge < -0.3 is 5.73 Å². The number of carbonyl (C=O) groups excluding carboxylic acids is 1. The van der Waals surface area contributed by atoms with Gasteiger partial charge in [-0.05, 0) is 30.2 Å². The molecule has 1 aromatic rings. The highest BCUT2D eigenvalue weighted by Gasteiger charge is 2.18. The molecule has 0 saturated carbocycles. The van der Waals surface area contributed by atoms with Crippen LogP contribution in [0.3, 0.4) is 0 Å². The lowest BCUT2D eigenvalue weighted by atomic mass is 10.1. The second kappa shape index (κ2) is 2.97. The van der Waals surface area contributed by atoms with E-state index in [4.69, 9.17) is 5.73 Å². The summed E-state index contributed by atoms with van der Waals surface area (Å²) >= 11 is 0. The molecule has 2 N–H and O–H groups in total. The summed E-state index contributed by atoms with van der Waals surface area (Å²) in [5.41, 5.74) is 8.28. The zero-order chi connectivity index (χ0) is 7.84. The Balaban J connectivity index is 0.000000720. The first-order valence-corrected chi connectivity index (χ1v) is 3.69. The van der Waals surface area contributed by atoms with Crippen LogP contribution < -0.4 is 5.73 Å². The molecule has 0 aliphatic heterocycles. The monoisotopic (exact) mass is 163 g/mol. The maximum atomic E-state index is 11.1. The van der Waals surface area contributed by atoms with Gasteiger partial charge in [0.1, 0.15) is 0 Å². The minimum atomic E-state index is 0. The Labute approximate surface area is 72.4 Å². The minimum Gasteiger partial charge on any atom is -0.399 e. The molecule has 1 aliphatic carbocycles. The summed E-state index contributed by atoms with van der Waals surface area (Å²) in [6.45, 7) is 0. The van der Waals surface area contributed by atoms with Gasteiger partial charge in [0.2, 0.25) is 0 Å². The number of fused-ring (bicyclic) bond motifs is 1. The van der Waals surface area contributed by atoms with Crippen molar-refractivity contribution in [3.05, 3.63) is 29.3 Å². The third-order valence-electron chi connectivity index (χ3n) is 2.05. The van der Waals surface area contributed by atoms with Crippen molar-refractivity contribution in [2.24, 2.45) is 0 Å². The average Bonchev–Trinajstić information content (AvgIpc) is 2.32. The summed E-state index contributed by atoms with van der Waals surface area (Å²) in [5.74, 6) is 0.250. The van der Waals surface area contributed by atoms with Crippen molar-refractivity contribution < 1.29 is 4.79 Å². The van der Waals surface area contributed by atoms with Gasteiger partial charge in [0.15, 0.2) is 5.78 Å². The molecular weight excluding hydrogens is 150 g/mol. The van der Waals surface area contributed by atoms with Crippen LogP contribution in [-0.4, -0.2) is 5.78 Å². The largest absolute Gasteiger partial charge is 0.399 e. The molecule has 0 heterocycles. The molecule has 0 radical (unpaired) electrons. The molecule has 0 fully saturated rings. The van der Waals surface area contributed by atoms with Gasteiger partial charge in [0, 0.05) is 17.7 Å². The van der Waals surface area contributed by atoms with E-state index in [1.807, 2.05) is 12.1 Å². The molecule has 1 aliphatic rings. The number of anilines is 1. The number of aryl methyl sites for hydroxylation is 1. The highest BCUT2D eigenvalue weighted by Crippen LogP contribution is 2.23. The number of nitrogens with two attached hydrogens (primary N) is 1. The first kappa shape index (κ1) is 8.78. The van der Waals surface area contributed by atoms with E-state index in [1.54, 1.807) is 6.07 Å². The van der Waals surface area contributed by atoms with Gasteiger partial charge >= 0.3 is 0 Å². The van der Waals surface area contributed by atoms with Gasteiger partial charge in [-0.15, -0.1) is 0 Å². The zero-order valence-corrected chi connectivity index (χ0v) is 6.13. The van der Waals surface area contributed by atoms with E-state index in [-0.39, 0.29) is 13.2 Å². The smallest absolute Gasteiger partial charge is 0.163 e. The molecule has 0 bridgehead atoms. The first-order chi connectivity index (χ1) is 5.27. The van der Waals surface area contributed by atoms with Crippen molar-refractivity contribution in [1.82, 2.24) is 0 Å². The third-order valence-corrected chi connectivity index (χ3v) is 2.05. The van der Waals surface area contributed by atoms with Crippen molar-refractivity contribution in [2.75, 3.05) is 5.73 Å². The fourth-order valence-electron chi connectivity index (χ4n) is 1.48. The number of benzene rings is 1. The second-order valence-electron chi connectivity index (χ2n) is 2.84. The predicted octanol–water partition coefficient (Wildman–Crippen LogP) is 2.03. The fourth-order valence-corrected chi connectivity index (χ4v) is 1.48. The van der Waals surface area contributed by atoms with E-state index in [9.17, 15) is 4.79 Å². The molecule has 2 nitrogen and oxygen atoms in total. The Bertz CT molecular complexity index is 318. The highest BCUT2D eigenvalue weighted by molar-refractivity contribution is 6.00. The Morgan fingerprint density at radius 1 is 1.25 bits per heavy atom. The van der Waals surface area contributed by atoms with Gasteiger partial charge in [-0.2, -0.15) is 0 Å². The van der Waals surface area contributed by atoms with Gasteiger partial charge in [-0.3, -0.25) is 4.79 Å². The molecule has 0 unspecified atom stereocenters. The maximum absolute atomic E-state index is 11.1. The molecule has 2 heteroatoms. The van der Waals surface area contributed by atoms with E-state index >= 15 is 0 Å². The third kappa shape index (κ3) is 1.20. The maximum Gasteiger partial charge on any atom is 0.163 e. The van der Waals surface area contributed by atoms with E-state index in [0.29, 0.717) is 6.42 Å². The number of Topliss-reactive ketones (excluding diaryl/α,β-unsaturated/α-hetero) is 1. The summed E-state index contributed by atoms with van der Waals surface area (Å²) in [4.78, 5) is 11.1. The Morgan fingerprint density at radius 2 is 2.00 bits per heavy atom. The molecule has 0 atom stereocenters. The minimum absolute atomic E-state index is 0. The quantitative estimate of drug-likeness (QED) is 0.595.